The first-order valence-electron chi connectivity index (χ1n) is 7.41. The third kappa shape index (κ3) is 2.46. The van der Waals surface area contributed by atoms with Crippen LogP contribution in [0.1, 0.15) is 35.4 Å². The molecule has 0 radical (unpaired) electrons. The molecule has 0 spiro atoms. The van der Waals surface area contributed by atoms with E-state index in [1.165, 1.54) is 11.1 Å². The van der Waals surface area contributed by atoms with Crippen molar-refractivity contribution in [3.8, 4) is 5.75 Å². The van der Waals surface area contributed by atoms with Crippen molar-refractivity contribution in [2.45, 2.75) is 25.2 Å². The van der Waals surface area contributed by atoms with Gasteiger partial charge in [0.25, 0.3) is 0 Å². The minimum Gasteiger partial charge on any atom is -0.497 e. The van der Waals surface area contributed by atoms with Crippen LogP contribution in [0.3, 0.4) is 0 Å². The first-order chi connectivity index (χ1) is 10.2. The summed E-state index contributed by atoms with van der Waals surface area (Å²) in [4.78, 5) is 11.8. The fourth-order valence-electron chi connectivity index (χ4n) is 3.60. The van der Waals surface area contributed by atoms with Crippen molar-refractivity contribution in [2.24, 2.45) is 5.92 Å². The Labute approximate surface area is 125 Å². The molecular formula is C19H20O2. The van der Waals surface area contributed by atoms with Crippen molar-refractivity contribution in [3.05, 3.63) is 65.2 Å². The lowest BCUT2D eigenvalue weighted by Crippen LogP contribution is -2.27. The molecule has 0 bridgehead atoms. The maximum Gasteiger partial charge on any atom is 0.128 e. The summed E-state index contributed by atoms with van der Waals surface area (Å²) in [5, 5.41) is 0. The highest BCUT2D eigenvalue weighted by molar-refractivity contribution is 5.67. The Kier molecular flexibility index (Phi) is 3.78. The largest absolute Gasteiger partial charge is 0.497 e. The Morgan fingerprint density at radius 2 is 1.90 bits per heavy atom. The van der Waals surface area contributed by atoms with Crippen LogP contribution < -0.4 is 4.74 Å². The lowest BCUT2D eigenvalue weighted by molar-refractivity contribution is -0.110. The number of hydrogen-bond donors (Lipinski definition) is 0. The van der Waals surface area contributed by atoms with Crippen molar-refractivity contribution in [1.29, 1.82) is 0 Å². The van der Waals surface area contributed by atoms with Crippen molar-refractivity contribution >= 4 is 6.29 Å². The summed E-state index contributed by atoms with van der Waals surface area (Å²) in [6.45, 7) is 2.23. The van der Waals surface area contributed by atoms with Gasteiger partial charge in [-0.25, -0.2) is 0 Å². The van der Waals surface area contributed by atoms with Crippen molar-refractivity contribution in [2.75, 3.05) is 7.11 Å². The van der Waals surface area contributed by atoms with E-state index in [0.717, 1.165) is 24.0 Å². The molecule has 0 heterocycles. The molecule has 108 valence electrons. The molecule has 2 heteroatoms. The predicted octanol–water partition coefficient (Wildman–Crippen LogP) is 3.95. The molecule has 2 aromatic carbocycles. The molecule has 0 saturated heterocycles. The zero-order chi connectivity index (χ0) is 14.8. The summed E-state index contributed by atoms with van der Waals surface area (Å²) in [7, 11) is 1.68. The molecule has 0 saturated carbocycles. The normalized spacial score (nSPS) is 24.2. The van der Waals surface area contributed by atoms with Crippen molar-refractivity contribution in [3.63, 3.8) is 0 Å². The number of hydrogen-bond acceptors (Lipinski definition) is 2. The Morgan fingerprint density at radius 3 is 2.57 bits per heavy atom. The topological polar surface area (TPSA) is 26.3 Å². The van der Waals surface area contributed by atoms with Crippen molar-refractivity contribution in [1.82, 2.24) is 0 Å². The number of fused-ring (bicyclic) bond motifs is 1. The number of rotatable bonds is 3. The van der Waals surface area contributed by atoms with Gasteiger partial charge in [0.05, 0.1) is 7.11 Å². The summed E-state index contributed by atoms with van der Waals surface area (Å²) in [5.74, 6) is 1.48. The first kappa shape index (κ1) is 13.9. The summed E-state index contributed by atoms with van der Waals surface area (Å²) in [6, 6.07) is 16.5. The average Bonchev–Trinajstić information content (AvgIpc) is 2.53. The van der Waals surface area contributed by atoms with Gasteiger partial charge in [-0.3, -0.25) is 0 Å². The number of ether oxygens (including phenoxy) is 1. The minimum atomic E-state index is -0.0722. The molecule has 0 fully saturated rings. The van der Waals surface area contributed by atoms with E-state index in [9.17, 15) is 4.79 Å². The smallest absolute Gasteiger partial charge is 0.128 e. The summed E-state index contributed by atoms with van der Waals surface area (Å²) in [6.07, 6.45) is 2.09. The number of carbonyl (C=O) groups excluding carboxylic acids is 1. The molecule has 0 aromatic heterocycles. The van der Waals surface area contributed by atoms with Crippen molar-refractivity contribution < 1.29 is 9.53 Å². The van der Waals surface area contributed by atoms with E-state index in [1.54, 1.807) is 7.11 Å². The number of methoxy groups -OCH3 is 1. The molecule has 0 N–H and O–H groups in total. The SMILES string of the molecule is COc1ccc2c(c1)CC(C)C(c1ccccc1)C2C=O. The van der Waals surface area contributed by atoms with E-state index in [2.05, 4.69) is 31.2 Å². The highest BCUT2D eigenvalue weighted by Crippen LogP contribution is 2.45. The van der Waals surface area contributed by atoms with Gasteiger partial charge >= 0.3 is 0 Å². The molecule has 3 atom stereocenters. The molecule has 0 amide bonds. The van der Waals surface area contributed by atoms with E-state index >= 15 is 0 Å². The van der Waals surface area contributed by atoms with E-state index in [-0.39, 0.29) is 11.8 Å². The lowest BCUT2D eigenvalue weighted by Gasteiger charge is -2.36. The van der Waals surface area contributed by atoms with Gasteiger partial charge in [0, 0.05) is 11.8 Å². The van der Waals surface area contributed by atoms with Gasteiger partial charge in [-0.1, -0.05) is 43.3 Å². The van der Waals surface area contributed by atoms with Crippen LogP contribution >= 0.6 is 0 Å². The van der Waals surface area contributed by atoms with Crippen LogP contribution in [0.4, 0.5) is 0 Å². The fraction of sp³-hybridized carbons (Fsp3) is 0.316. The standard InChI is InChI=1S/C19H20O2/c1-13-10-15-11-16(21-2)8-9-17(15)18(12-20)19(13)14-6-4-3-5-7-14/h3-9,11-13,18-19H,10H2,1-2H3. The van der Waals surface area contributed by atoms with E-state index in [0.29, 0.717) is 5.92 Å². The van der Waals surface area contributed by atoms with E-state index in [4.69, 9.17) is 4.74 Å². The predicted molar refractivity (Wildman–Crippen MR) is 83.9 cm³/mol. The third-order valence-electron chi connectivity index (χ3n) is 4.58. The molecular weight excluding hydrogens is 260 g/mol. The maximum atomic E-state index is 11.8. The number of aldehydes is 1. The van der Waals surface area contributed by atoms with Crippen LogP contribution in [-0.2, 0) is 11.2 Å². The van der Waals surface area contributed by atoms with Gasteiger partial charge in [0.2, 0.25) is 0 Å². The van der Waals surface area contributed by atoms with E-state index < -0.39 is 0 Å². The Bertz CT molecular complexity index is 633. The molecule has 21 heavy (non-hydrogen) atoms. The molecule has 2 aromatic rings. The zero-order valence-electron chi connectivity index (χ0n) is 12.5. The Hall–Kier alpha value is -2.09. The second-order valence-corrected chi connectivity index (χ2v) is 5.84. The minimum absolute atomic E-state index is 0.0722. The molecule has 0 aliphatic heterocycles. The van der Waals surface area contributed by atoms with Gasteiger partial charge in [-0.15, -0.1) is 0 Å². The van der Waals surface area contributed by atoms with Gasteiger partial charge in [-0.05, 0) is 41.2 Å². The number of carbonyl (C=O) groups is 1. The summed E-state index contributed by atoms with van der Waals surface area (Å²) < 4.78 is 5.31. The molecule has 2 nitrogen and oxygen atoms in total. The van der Waals surface area contributed by atoms with E-state index in [1.807, 2.05) is 24.3 Å². The molecule has 3 unspecified atom stereocenters. The van der Waals surface area contributed by atoms with Gasteiger partial charge in [0.1, 0.15) is 12.0 Å². The van der Waals surface area contributed by atoms with Gasteiger partial charge in [-0.2, -0.15) is 0 Å². The second-order valence-electron chi connectivity index (χ2n) is 5.84. The third-order valence-corrected chi connectivity index (χ3v) is 4.58. The Balaban J connectivity index is 2.06. The highest BCUT2D eigenvalue weighted by Gasteiger charge is 2.35. The summed E-state index contributed by atoms with van der Waals surface area (Å²) in [5.41, 5.74) is 3.65. The zero-order valence-corrected chi connectivity index (χ0v) is 12.5. The first-order valence-corrected chi connectivity index (χ1v) is 7.41. The molecule has 1 aliphatic rings. The fourth-order valence-corrected chi connectivity index (χ4v) is 3.60. The van der Waals surface area contributed by atoms with Gasteiger partial charge < -0.3 is 9.53 Å². The average molecular weight is 280 g/mol. The maximum absolute atomic E-state index is 11.8. The van der Waals surface area contributed by atoms with Crippen LogP contribution in [0.15, 0.2) is 48.5 Å². The van der Waals surface area contributed by atoms with Gasteiger partial charge in [0.15, 0.2) is 0 Å². The molecule has 1 aliphatic carbocycles. The van der Waals surface area contributed by atoms with Crippen LogP contribution in [-0.4, -0.2) is 13.4 Å². The van der Waals surface area contributed by atoms with Crippen LogP contribution in [0.25, 0.3) is 0 Å². The quantitative estimate of drug-likeness (QED) is 0.796. The second kappa shape index (κ2) is 5.72. The van der Waals surface area contributed by atoms with Crippen LogP contribution in [0.2, 0.25) is 0 Å². The highest BCUT2D eigenvalue weighted by atomic mass is 16.5. The molecule has 3 rings (SSSR count). The number of benzene rings is 2. The monoisotopic (exact) mass is 280 g/mol. The Morgan fingerprint density at radius 1 is 1.14 bits per heavy atom. The van der Waals surface area contributed by atoms with Crippen LogP contribution in [0, 0.1) is 5.92 Å². The van der Waals surface area contributed by atoms with Crippen LogP contribution in [0.5, 0.6) is 5.75 Å². The lowest BCUT2D eigenvalue weighted by atomic mass is 9.67. The summed E-state index contributed by atoms with van der Waals surface area (Å²) >= 11 is 0.